The Kier molecular flexibility index (Phi) is 4.40. The standard InChI is InChI=1S/C6H10O5/c1-4(7)6(9)11-5(8)3-10-2/h4,7H,3H2,1-2H3. The first-order chi connectivity index (χ1) is 5.07. The molecule has 1 unspecified atom stereocenters. The largest absolute Gasteiger partial charge is 0.389 e. The molecular formula is C6H10O5. The van der Waals surface area contributed by atoms with Gasteiger partial charge in [0.2, 0.25) is 0 Å². The molecule has 0 aromatic carbocycles. The van der Waals surface area contributed by atoms with Crippen molar-refractivity contribution in [3.8, 4) is 0 Å². The minimum Gasteiger partial charge on any atom is -0.389 e. The van der Waals surface area contributed by atoms with E-state index in [-0.39, 0.29) is 6.61 Å². The molecule has 0 radical (unpaired) electrons. The van der Waals surface area contributed by atoms with Crippen LogP contribution < -0.4 is 0 Å². The van der Waals surface area contributed by atoms with Crippen molar-refractivity contribution in [2.24, 2.45) is 0 Å². The van der Waals surface area contributed by atoms with Gasteiger partial charge in [-0.15, -0.1) is 0 Å². The van der Waals surface area contributed by atoms with Gasteiger partial charge >= 0.3 is 11.9 Å². The average Bonchev–Trinajstić information content (AvgIpc) is 1.87. The second kappa shape index (κ2) is 4.81. The highest BCUT2D eigenvalue weighted by Gasteiger charge is 2.14. The molecule has 1 N–H and O–H groups in total. The summed E-state index contributed by atoms with van der Waals surface area (Å²) in [7, 11) is 1.30. The lowest BCUT2D eigenvalue weighted by atomic mass is 10.4. The molecule has 0 aliphatic rings. The summed E-state index contributed by atoms with van der Waals surface area (Å²) in [6, 6.07) is 0. The zero-order chi connectivity index (χ0) is 8.85. The van der Waals surface area contributed by atoms with Crippen LogP contribution in [0.25, 0.3) is 0 Å². The van der Waals surface area contributed by atoms with Crippen molar-refractivity contribution in [3.63, 3.8) is 0 Å². The molecule has 0 rings (SSSR count). The van der Waals surface area contributed by atoms with Gasteiger partial charge in [-0.2, -0.15) is 0 Å². The van der Waals surface area contributed by atoms with Gasteiger partial charge in [-0.25, -0.2) is 9.59 Å². The summed E-state index contributed by atoms with van der Waals surface area (Å²) in [5.74, 6) is -1.77. The Bertz CT molecular complexity index is 151. The Morgan fingerprint density at radius 3 is 2.45 bits per heavy atom. The number of aliphatic hydroxyl groups is 1. The molecule has 5 nitrogen and oxygen atoms in total. The van der Waals surface area contributed by atoms with Crippen LogP contribution >= 0.6 is 0 Å². The highest BCUT2D eigenvalue weighted by Crippen LogP contribution is 1.87. The number of carbonyl (C=O) groups excluding carboxylic acids is 2. The van der Waals surface area contributed by atoms with E-state index in [4.69, 9.17) is 5.11 Å². The molecule has 1 atom stereocenters. The minimum atomic E-state index is -1.28. The van der Waals surface area contributed by atoms with Crippen LogP contribution in [-0.2, 0) is 19.1 Å². The molecule has 11 heavy (non-hydrogen) atoms. The van der Waals surface area contributed by atoms with Gasteiger partial charge in [0, 0.05) is 7.11 Å². The van der Waals surface area contributed by atoms with Crippen LogP contribution in [0.2, 0.25) is 0 Å². The smallest absolute Gasteiger partial charge is 0.342 e. The highest BCUT2D eigenvalue weighted by atomic mass is 16.6. The number of esters is 2. The number of ether oxygens (including phenoxy) is 2. The zero-order valence-corrected chi connectivity index (χ0v) is 6.36. The Morgan fingerprint density at radius 1 is 1.55 bits per heavy atom. The molecule has 0 aromatic rings. The molecule has 0 aromatic heterocycles. The van der Waals surface area contributed by atoms with Crippen molar-refractivity contribution in [3.05, 3.63) is 0 Å². The lowest BCUT2D eigenvalue weighted by molar-refractivity contribution is -0.167. The monoisotopic (exact) mass is 162 g/mol. The minimum absolute atomic E-state index is 0.293. The number of rotatable bonds is 3. The molecule has 0 aliphatic heterocycles. The van der Waals surface area contributed by atoms with E-state index in [9.17, 15) is 9.59 Å². The normalized spacial score (nSPS) is 12.3. The van der Waals surface area contributed by atoms with E-state index in [0.29, 0.717) is 0 Å². The maximum atomic E-state index is 10.5. The van der Waals surface area contributed by atoms with Gasteiger partial charge in [-0.05, 0) is 6.92 Å². The van der Waals surface area contributed by atoms with Crippen LogP contribution in [0.3, 0.4) is 0 Å². The van der Waals surface area contributed by atoms with E-state index in [1.54, 1.807) is 0 Å². The third-order valence-corrected chi connectivity index (χ3v) is 0.818. The summed E-state index contributed by atoms with van der Waals surface area (Å²) in [5, 5.41) is 8.57. The van der Waals surface area contributed by atoms with E-state index in [0.717, 1.165) is 0 Å². The maximum Gasteiger partial charge on any atom is 0.342 e. The number of methoxy groups -OCH3 is 1. The van der Waals surface area contributed by atoms with Crippen molar-refractivity contribution in [1.29, 1.82) is 0 Å². The average molecular weight is 162 g/mol. The van der Waals surface area contributed by atoms with Gasteiger partial charge in [-0.1, -0.05) is 0 Å². The third-order valence-electron chi connectivity index (χ3n) is 0.818. The predicted octanol–water partition coefficient (Wildman–Crippen LogP) is -0.917. The van der Waals surface area contributed by atoms with Crippen molar-refractivity contribution >= 4 is 11.9 Å². The van der Waals surface area contributed by atoms with Gasteiger partial charge in [0.15, 0.2) is 0 Å². The lowest BCUT2D eigenvalue weighted by Gasteiger charge is -2.02. The first-order valence-electron chi connectivity index (χ1n) is 2.99. The maximum absolute atomic E-state index is 10.5. The highest BCUT2D eigenvalue weighted by molar-refractivity contribution is 5.88. The van der Waals surface area contributed by atoms with Crippen LogP contribution in [0.15, 0.2) is 0 Å². The molecule has 0 spiro atoms. The van der Waals surface area contributed by atoms with Gasteiger partial charge in [0.25, 0.3) is 0 Å². The van der Waals surface area contributed by atoms with E-state index in [2.05, 4.69) is 9.47 Å². The number of hydrogen-bond donors (Lipinski definition) is 1. The van der Waals surface area contributed by atoms with Crippen LogP contribution in [0, 0.1) is 0 Å². The Balaban J connectivity index is 3.67. The predicted molar refractivity (Wildman–Crippen MR) is 34.7 cm³/mol. The molecule has 0 aliphatic carbocycles. The summed E-state index contributed by atoms with van der Waals surface area (Å²) < 4.78 is 8.48. The SMILES string of the molecule is COCC(=O)OC(=O)C(C)O. The third kappa shape index (κ3) is 4.46. The van der Waals surface area contributed by atoms with Gasteiger partial charge in [0.05, 0.1) is 0 Å². The molecule has 0 saturated heterocycles. The molecule has 0 fully saturated rings. The van der Waals surface area contributed by atoms with Crippen molar-refractivity contribution in [2.45, 2.75) is 13.0 Å². The first-order valence-corrected chi connectivity index (χ1v) is 2.99. The van der Waals surface area contributed by atoms with E-state index in [1.807, 2.05) is 0 Å². The second-order valence-electron chi connectivity index (χ2n) is 1.90. The Labute approximate surface area is 63.9 Å². The quantitative estimate of drug-likeness (QED) is 0.429. The van der Waals surface area contributed by atoms with Crippen LogP contribution in [0.1, 0.15) is 6.92 Å². The van der Waals surface area contributed by atoms with Gasteiger partial charge in [-0.3, -0.25) is 0 Å². The van der Waals surface area contributed by atoms with Gasteiger partial charge < -0.3 is 14.6 Å². The van der Waals surface area contributed by atoms with Crippen molar-refractivity contribution in [1.82, 2.24) is 0 Å². The van der Waals surface area contributed by atoms with Crippen LogP contribution in [0.5, 0.6) is 0 Å². The fraction of sp³-hybridized carbons (Fsp3) is 0.667. The summed E-state index contributed by atoms with van der Waals surface area (Å²) >= 11 is 0. The molecule has 0 heterocycles. The number of carbonyl (C=O) groups is 2. The molecule has 0 saturated carbocycles. The van der Waals surface area contributed by atoms with E-state index < -0.39 is 18.0 Å². The molecule has 5 heteroatoms. The fourth-order valence-electron chi connectivity index (χ4n) is 0.345. The molecule has 0 amide bonds. The number of hydrogen-bond acceptors (Lipinski definition) is 5. The topological polar surface area (TPSA) is 72.8 Å². The number of aliphatic hydroxyl groups excluding tert-OH is 1. The van der Waals surface area contributed by atoms with Crippen molar-refractivity contribution in [2.75, 3.05) is 13.7 Å². The molecular weight excluding hydrogens is 152 g/mol. The summed E-state index contributed by atoms with van der Waals surface area (Å²) in [6.45, 7) is 0.918. The Morgan fingerprint density at radius 2 is 2.09 bits per heavy atom. The second-order valence-corrected chi connectivity index (χ2v) is 1.90. The van der Waals surface area contributed by atoms with Crippen molar-refractivity contribution < 1.29 is 24.2 Å². The van der Waals surface area contributed by atoms with Crippen LogP contribution in [-0.4, -0.2) is 36.9 Å². The van der Waals surface area contributed by atoms with Crippen LogP contribution in [0.4, 0.5) is 0 Å². The first kappa shape index (κ1) is 10.1. The summed E-state index contributed by atoms with van der Waals surface area (Å²) in [6.07, 6.45) is -1.28. The molecule has 0 bridgehead atoms. The summed E-state index contributed by atoms with van der Waals surface area (Å²) in [4.78, 5) is 21.0. The van der Waals surface area contributed by atoms with E-state index in [1.165, 1.54) is 14.0 Å². The molecule has 64 valence electrons. The Hall–Kier alpha value is -0.940. The zero-order valence-electron chi connectivity index (χ0n) is 6.36. The fourth-order valence-corrected chi connectivity index (χ4v) is 0.345. The van der Waals surface area contributed by atoms with Gasteiger partial charge in [0.1, 0.15) is 12.7 Å². The van der Waals surface area contributed by atoms with E-state index >= 15 is 0 Å². The summed E-state index contributed by atoms with van der Waals surface area (Å²) in [5.41, 5.74) is 0. The lowest BCUT2D eigenvalue weighted by Crippen LogP contribution is -2.24.